The average Bonchev–Trinajstić information content (AvgIpc) is 2.84. The molecule has 32 heavy (non-hydrogen) atoms. The van der Waals surface area contributed by atoms with Crippen molar-refractivity contribution in [1.82, 2.24) is 14.3 Å². The molecule has 2 fully saturated rings. The Kier molecular flexibility index (Phi) is 6.31. The molecule has 2 aliphatic rings. The second-order valence-electron chi connectivity index (χ2n) is 7.80. The number of anilines is 1. The number of aromatic nitrogens is 2. The van der Waals surface area contributed by atoms with Crippen molar-refractivity contribution in [3.05, 3.63) is 36.7 Å². The zero-order chi connectivity index (χ0) is 22.8. The van der Waals surface area contributed by atoms with Gasteiger partial charge in [0, 0.05) is 70.2 Å². The van der Waals surface area contributed by atoms with Crippen molar-refractivity contribution in [2.45, 2.75) is 17.6 Å². The molecular formula is C21H26N4O6S. The number of carboxylic acid groups (broad SMARTS) is 1. The van der Waals surface area contributed by atoms with Crippen LogP contribution in [0.5, 0.6) is 5.75 Å². The van der Waals surface area contributed by atoms with E-state index in [2.05, 4.69) is 9.97 Å². The lowest BCUT2D eigenvalue weighted by atomic mass is 9.99. The van der Waals surface area contributed by atoms with Crippen LogP contribution in [0.1, 0.15) is 12.8 Å². The summed E-state index contributed by atoms with van der Waals surface area (Å²) >= 11 is 0. The lowest BCUT2D eigenvalue weighted by Crippen LogP contribution is -2.60. The number of methoxy groups -OCH3 is 1. The first-order chi connectivity index (χ1) is 15.4. The lowest BCUT2D eigenvalue weighted by Gasteiger charge is -2.40. The van der Waals surface area contributed by atoms with E-state index in [0.717, 1.165) is 16.9 Å². The fourth-order valence-electron chi connectivity index (χ4n) is 4.08. The molecule has 0 radical (unpaired) electrons. The predicted octanol–water partition coefficient (Wildman–Crippen LogP) is 1.24. The third-order valence-corrected chi connectivity index (χ3v) is 8.72. The van der Waals surface area contributed by atoms with Gasteiger partial charge in [0.25, 0.3) is 0 Å². The highest BCUT2D eigenvalue weighted by Gasteiger charge is 2.54. The van der Waals surface area contributed by atoms with Crippen LogP contribution in [0.3, 0.4) is 0 Å². The van der Waals surface area contributed by atoms with Crippen molar-refractivity contribution in [2.75, 3.05) is 51.4 Å². The molecule has 0 unspecified atom stereocenters. The number of benzene rings is 1. The topological polar surface area (TPSA) is 122 Å². The van der Waals surface area contributed by atoms with E-state index in [1.807, 2.05) is 29.2 Å². The molecule has 11 heteroatoms. The molecule has 0 atom stereocenters. The van der Waals surface area contributed by atoms with Crippen molar-refractivity contribution in [2.24, 2.45) is 0 Å². The fourth-order valence-corrected chi connectivity index (χ4v) is 6.12. The van der Waals surface area contributed by atoms with Crippen molar-refractivity contribution < 1.29 is 27.8 Å². The van der Waals surface area contributed by atoms with E-state index in [9.17, 15) is 18.3 Å². The number of carboxylic acids is 1. The molecule has 1 N–H and O–H groups in total. The summed E-state index contributed by atoms with van der Waals surface area (Å²) in [6.45, 7) is 1.38. The number of piperazine rings is 1. The molecule has 172 valence electrons. The molecule has 0 spiro atoms. The highest BCUT2D eigenvalue weighted by atomic mass is 32.2. The van der Waals surface area contributed by atoms with Crippen molar-refractivity contribution in [1.29, 1.82) is 0 Å². The van der Waals surface area contributed by atoms with E-state index in [0.29, 0.717) is 19.0 Å². The maximum absolute atomic E-state index is 13.2. The van der Waals surface area contributed by atoms with Gasteiger partial charge in [0.1, 0.15) is 5.75 Å². The Labute approximate surface area is 186 Å². The predicted molar refractivity (Wildman–Crippen MR) is 117 cm³/mol. The summed E-state index contributed by atoms with van der Waals surface area (Å²) in [4.78, 5) is 22.7. The minimum Gasteiger partial charge on any atom is -0.497 e. The van der Waals surface area contributed by atoms with Gasteiger partial charge in [-0.3, -0.25) is 4.79 Å². The van der Waals surface area contributed by atoms with Gasteiger partial charge in [-0.25, -0.2) is 18.4 Å². The van der Waals surface area contributed by atoms with Crippen LogP contribution in [0, 0.1) is 0 Å². The van der Waals surface area contributed by atoms with Crippen LogP contribution in [-0.4, -0.2) is 85.0 Å². The van der Waals surface area contributed by atoms with Crippen LogP contribution < -0.4 is 9.64 Å². The molecule has 2 saturated heterocycles. The Hall–Kier alpha value is -2.76. The molecule has 1 aromatic carbocycles. The number of carbonyl (C=O) groups is 1. The number of aliphatic carboxylic acids is 1. The SMILES string of the molecule is COc1ccc(-c2cnc(N3CCN(S(=O)(=O)C4(C(=O)O)CCOCC4)CC3)nc2)cc1. The number of ether oxygens (including phenoxy) is 2. The molecule has 0 saturated carbocycles. The van der Waals surface area contributed by atoms with Gasteiger partial charge in [-0.2, -0.15) is 4.31 Å². The number of sulfonamides is 1. The largest absolute Gasteiger partial charge is 0.497 e. The van der Waals surface area contributed by atoms with Gasteiger partial charge in [-0.1, -0.05) is 12.1 Å². The number of hydrogen-bond donors (Lipinski definition) is 1. The van der Waals surface area contributed by atoms with Crippen LogP contribution in [0.4, 0.5) is 5.95 Å². The normalized spacial score (nSPS) is 19.5. The first-order valence-electron chi connectivity index (χ1n) is 10.4. The Bertz CT molecular complexity index is 1040. The Morgan fingerprint density at radius 3 is 2.16 bits per heavy atom. The maximum atomic E-state index is 13.2. The minimum atomic E-state index is -4.02. The third kappa shape index (κ3) is 4.03. The third-order valence-electron chi connectivity index (χ3n) is 6.11. The first kappa shape index (κ1) is 22.4. The molecule has 0 aliphatic carbocycles. The van der Waals surface area contributed by atoms with Gasteiger partial charge >= 0.3 is 5.97 Å². The summed E-state index contributed by atoms with van der Waals surface area (Å²) < 4.78 is 36.3. The van der Waals surface area contributed by atoms with E-state index >= 15 is 0 Å². The highest BCUT2D eigenvalue weighted by Crippen LogP contribution is 2.33. The van der Waals surface area contributed by atoms with Gasteiger partial charge in [-0.05, 0) is 17.7 Å². The summed E-state index contributed by atoms with van der Waals surface area (Å²) in [5, 5.41) is 9.74. The molecule has 1 aromatic heterocycles. The first-order valence-corrected chi connectivity index (χ1v) is 11.8. The van der Waals surface area contributed by atoms with Crippen molar-refractivity contribution >= 4 is 21.9 Å². The average molecular weight is 463 g/mol. The van der Waals surface area contributed by atoms with Gasteiger partial charge in [0.15, 0.2) is 4.75 Å². The smallest absolute Gasteiger partial charge is 0.326 e. The standard InChI is InChI=1S/C21H26N4O6S/c1-30-18-4-2-16(3-5-18)17-14-22-20(23-15-17)24-8-10-25(11-9-24)32(28,29)21(19(26)27)6-12-31-13-7-21/h2-5,14-15H,6-13H2,1H3,(H,26,27). The minimum absolute atomic E-state index is 0.0409. The Balaban J connectivity index is 1.43. The lowest BCUT2D eigenvalue weighted by molar-refractivity contribution is -0.142. The van der Waals surface area contributed by atoms with E-state index in [4.69, 9.17) is 9.47 Å². The summed E-state index contributed by atoms with van der Waals surface area (Å²) in [6, 6.07) is 7.58. The van der Waals surface area contributed by atoms with E-state index in [1.54, 1.807) is 19.5 Å². The van der Waals surface area contributed by atoms with Crippen LogP contribution in [-0.2, 0) is 19.6 Å². The Morgan fingerprint density at radius 1 is 1.03 bits per heavy atom. The molecule has 3 heterocycles. The summed E-state index contributed by atoms with van der Waals surface area (Å²) in [6.07, 6.45) is 3.38. The highest BCUT2D eigenvalue weighted by molar-refractivity contribution is 7.91. The Morgan fingerprint density at radius 2 is 1.62 bits per heavy atom. The summed E-state index contributed by atoms with van der Waals surface area (Å²) in [5.74, 6) is -0.0245. The second-order valence-corrected chi connectivity index (χ2v) is 10.1. The van der Waals surface area contributed by atoms with Gasteiger partial charge in [0.05, 0.1) is 7.11 Å². The van der Waals surface area contributed by atoms with Crippen LogP contribution in [0.15, 0.2) is 36.7 Å². The van der Waals surface area contributed by atoms with Crippen molar-refractivity contribution in [3.63, 3.8) is 0 Å². The van der Waals surface area contributed by atoms with E-state index < -0.39 is 20.7 Å². The van der Waals surface area contributed by atoms with Crippen LogP contribution >= 0.6 is 0 Å². The molecule has 4 rings (SSSR count). The molecule has 2 aromatic rings. The van der Waals surface area contributed by atoms with Gasteiger partial charge < -0.3 is 19.5 Å². The summed E-state index contributed by atoms with van der Waals surface area (Å²) in [5.41, 5.74) is 1.82. The maximum Gasteiger partial charge on any atom is 0.326 e. The van der Waals surface area contributed by atoms with Crippen molar-refractivity contribution in [3.8, 4) is 16.9 Å². The van der Waals surface area contributed by atoms with Crippen LogP contribution in [0.25, 0.3) is 11.1 Å². The zero-order valence-electron chi connectivity index (χ0n) is 17.8. The molecule has 2 aliphatic heterocycles. The summed E-state index contributed by atoms with van der Waals surface area (Å²) in [7, 11) is -2.41. The van der Waals surface area contributed by atoms with Gasteiger partial charge in [-0.15, -0.1) is 0 Å². The zero-order valence-corrected chi connectivity index (χ0v) is 18.6. The molecule has 0 amide bonds. The number of nitrogens with zero attached hydrogens (tertiary/aromatic N) is 4. The second kappa shape index (κ2) is 9.00. The quantitative estimate of drug-likeness (QED) is 0.675. The monoisotopic (exact) mass is 462 g/mol. The molecule has 0 bridgehead atoms. The van der Waals surface area contributed by atoms with Gasteiger partial charge in [0.2, 0.25) is 16.0 Å². The molecular weight excluding hydrogens is 436 g/mol. The van der Waals surface area contributed by atoms with E-state index in [1.165, 1.54) is 4.31 Å². The fraction of sp³-hybridized carbons (Fsp3) is 0.476. The number of rotatable bonds is 6. The van der Waals surface area contributed by atoms with Crippen LogP contribution in [0.2, 0.25) is 0 Å². The molecule has 10 nitrogen and oxygen atoms in total. The van der Waals surface area contributed by atoms with E-state index in [-0.39, 0.29) is 39.1 Å². The number of hydrogen-bond acceptors (Lipinski definition) is 8.